The fraction of sp³-hybridized carbons (Fsp3) is 1.00. The van der Waals surface area contributed by atoms with Crippen LogP contribution in [0.2, 0.25) is 0 Å². The maximum Gasteiger partial charge on any atom is 0.155 e. The van der Waals surface area contributed by atoms with Crippen molar-refractivity contribution in [2.75, 3.05) is 13.1 Å². The highest BCUT2D eigenvalue weighted by Crippen LogP contribution is 2.51. The number of piperidine rings is 1. The minimum Gasteiger partial charge on any atom is -0.852 e. The van der Waals surface area contributed by atoms with Gasteiger partial charge in [0.1, 0.15) is 24.3 Å². The van der Waals surface area contributed by atoms with Gasteiger partial charge >= 0.3 is 0 Å². The molecular formula is C9H14ClNO2. The van der Waals surface area contributed by atoms with Gasteiger partial charge < -0.3 is 14.3 Å². The van der Waals surface area contributed by atoms with Crippen LogP contribution in [0.5, 0.6) is 0 Å². The van der Waals surface area contributed by atoms with E-state index in [0.717, 1.165) is 17.3 Å². The van der Waals surface area contributed by atoms with Gasteiger partial charge in [0.25, 0.3) is 0 Å². The Balaban J connectivity index is 1.94. The second-order valence-electron chi connectivity index (χ2n) is 4.76. The number of likely N-dealkylation sites (N-methyl/N-ethyl adjacent to an activating group) is 1. The first-order valence-electron chi connectivity index (χ1n) is 4.89. The molecule has 0 aromatic carbocycles. The molecular weight excluding hydrogens is 190 g/mol. The van der Waals surface area contributed by atoms with Gasteiger partial charge in [0.2, 0.25) is 0 Å². The summed E-state index contributed by atoms with van der Waals surface area (Å²) in [5.41, 5.74) is 0. The van der Waals surface area contributed by atoms with Gasteiger partial charge in [0.05, 0.1) is 7.05 Å². The molecule has 0 aliphatic carbocycles. The molecule has 3 heterocycles. The van der Waals surface area contributed by atoms with E-state index in [0.29, 0.717) is 30.3 Å². The highest BCUT2D eigenvalue weighted by Gasteiger charge is 2.70. The highest BCUT2D eigenvalue weighted by molar-refractivity contribution is 6.17. The lowest BCUT2D eigenvalue weighted by molar-refractivity contribution is -0.948. The summed E-state index contributed by atoms with van der Waals surface area (Å²) in [5.74, 6) is 0. The Bertz CT molecular complexity index is 230. The lowest BCUT2D eigenvalue weighted by atomic mass is 9.97. The number of rotatable bonds is 1. The molecule has 3 aliphatic rings. The Kier molecular flexibility index (Phi) is 1.56. The second kappa shape index (κ2) is 2.40. The predicted molar refractivity (Wildman–Crippen MR) is 46.2 cm³/mol. The third-order valence-corrected chi connectivity index (χ3v) is 4.62. The minimum atomic E-state index is -0.374. The smallest absolute Gasteiger partial charge is 0.155 e. The molecule has 2 unspecified atom stereocenters. The van der Waals surface area contributed by atoms with Crippen LogP contribution in [0.25, 0.3) is 0 Å². The third-order valence-electron chi connectivity index (χ3n) is 4.10. The molecule has 4 heteroatoms. The molecule has 74 valence electrons. The van der Waals surface area contributed by atoms with Gasteiger partial charge in [-0.25, -0.2) is 0 Å². The van der Waals surface area contributed by atoms with E-state index in [1.165, 1.54) is 0 Å². The largest absolute Gasteiger partial charge is 0.852 e. The van der Waals surface area contributed by atoms with Crippen LogP contribution < -0.4 is 5.11 Å². The monoisotopic (exact) mass is 203 g/mol. The molecule has 0 radical (unpaired) electrons. The van der Waals surface area contributed by atoms with Gasteiger partial charge in [0, 0.05) is 0 Å². The summed E-state index contributed by atoms with van der Waals surface area (Å²) in [6.07, 6.45) is 1.84. The lowest BCUT2D eigenvalue weighted by Gasteiger charge is -2.49. The quantitative estimate of drug-likeness (QED) is 0.253. The Labute approximate surface area is 82.8 Å². The Morgan fingerprint density at radius 1 is 1.38 bits per heavy atom. The van der Waals surface area contributed by atoms with E-state index in [1.54, 1.807) is 0 Å². The van der Waals surface area contributed by atoms with E-state index in [9.17, 15) is 5.11 Å². The first-order chi connectivity index (χ1) is 6.16. The molecule has 3 aliphatic heterocycles. The topological polar surface area (TPSA) is 35.6 Å². The van der Waals surface area contributed by atoms with Crippen LogP contribution in [0, 0.1) is 0 Å². The van der Waals surface area contributed by atoms with E-state index < -0.39 is 0 Å². The van der Waals surface area contributed by atoms with E-state index in [1.807, 2.05) is 0 Å². The summed E-state index contributed by atoms with van der Waals surface area (Å²) in [6, 6.07) is 1.38. The van der Waals surface area contributed by atoms with Crippen molar-refractivity contribution in [1.82, 2.24) is 0 Å². The zero-order valence-electron chi connectivity index (χ0n) is 7.65. The number of morpholine rings is 1. The molecule has 0 saturated carbocycles. The van der Waals surface area contributed by atoms with Gasteiger partial charge in [-0.05, 0) is 12.8 Å². The Morgan fingerprint density at radius 2 is 1.92 bits per heavy atom. The Morgan fingerprint density at radius 3 is 2.38 bits per heavy atom. The van der Waals surface area contributed by atoms with Gasteiger partial charge in [-0.1, -0.05) is 11.6 Å². The summed E-state index contributed by atoms with van der Waals surface area (Å²) in [5, 5.41) is 11.5. The number of epoxide rings is 1. The maximum atomic E-state index is 11.5. The van der Waals surface area contributed by atoms with Crippen LogP contribution in [0.1, 0.15) is 12.8 Å². The number of fused-ring (bicyclic) bond motifs is 5. The molecule has 3 fully saturated rings. The van der Waals surface area contributed by atoms with Crippen molar-refractivity contribution >= 4 is 11.6 Å². The number of quaternary nitrogens is 1. The standard InChI is InChI=1S/C9H14ClNO2/c1-11(4-10)6-2-5(12)3-7(11)9-8(6)13-9/h5-9H,2-4H2,1H3/t5?,6-,7+,8-,9+,11?. The SMILES string of the molecule is C[N+]1(CCl)[C@@H]2CC([O-])C[C@H]1[C@@H]1O[C@@H]12. The molecule has 3 nitrogen and oxygen atoms in total. The predicted octanol–water partition coefficient (Wildman–Crippen LogP) is -0.330. The van der Waals surface area contributed by atoms with Crippen LogP contribution in [0.3, 0.4) is 0 Å². The third kappa shape index (κ3) is 0.911. The van der Waals surface area contributed by atoms with Crippen molar-refractivity contribution in [3.63, 3.8) is 0 Å². The zero-order valence-corrected chi connectivity index (χ0v) is 8.41. The summed E-state index contributed by atoms with van der Waals surface area (Å²) < 4.78 is 6.42. The number of nitrogens with zero attached hydrogens (tertiary/aromatic N) is 1. The maximum absolute atomic E-state index is 11.5. The Hall–Kier alpha value is 0.170. The van der Waals surface area contributed by atoms with Crippen LogP contribution in [0.4, 0.5) is 0 Å². The fourth-order valence-corrected chi connectivity index (χ4v) is 3.59. The number of halogens is 1. The summed E-state index contributed by atoms with van der Waals surface area (Å²) >= 11 is 6.00. The zero-order chi connectivity index (χ0) is 9.22. The van der Waals surface area contributed by atoms with E-state index in [4.69, 9.17) is 16.3 Å². The first-order valence-corrected chi connectivity index (χ1v) is 5.42. The van der Waals surface area contributed by atoms with E-state index in [-0.39, 0.29) is 6.10 Å². The summed E-state index contributed by atoms with van der Waals surface area (Å²) in [6.45, 7) is 0. The molecule has 2 bridgehead atoms. The van der Waals surface area contributed by atoms with Crippen molar-refractivity contribution < 1.29 is 14.3 Å². The second-order valence-corrected chi connectivity index (χ2v) is 5.00. The van der Waals surface area contributed by atoms with Crippen molar-refractivity contribution in [3.05, 3.63) is 0 Å². The van der Waals surface area contributed by atoms with Crippen LogP contribution in [0.15, 0.2) is 0 Å². The number of alkyl halides is 1. The molecule has 3 rings (SSSR count). The first kappa shape index (κ1) is 8.48. The van der Waals surface area contributed by atoms with Crippen molar-refractivity contribution in [3.8, 4) is 0 Å². The fourth-order valence-electron chi connectivity index (χ4n) is 3.23. The van der Waals surface area contributed by atoms with Crippen molar-refractivity contribution in [2.24, 2.45) is 0 Å². The number of hydrogen-bond acceptors (Lipinski definition) is 2. The van der Waals surface area contributed by atoms with E-state index >= 15 is 0 Å². The molecule has 0 aromatic rings. The van der Waals surface area contributed by atoms with Crippen LogP contribution >= 0.6 is 11.6 Å². The molecule has 6 atom stereocenters. The van der Waals surface area contributed by atoms with Gasteiger partial charge in [-0.15, -0.1) is 6.10 Å². The van der Waals surface area contributed by atoms with Crippen LogP contribution in [-0.2, 0) is 4.74 Å². The average molecular weight is 204 g/mol. The minimum absolute atomic E-state index is 0.354. The average Bonchev–Trinajstić information content (AvgIpc) is 2.83. The molecule has 0 amide bonds. The molecule has 0 aromatic heterocycles. The molecule has 13 heavy (non-hydrogen) atoms. The van der Waals surface area contributed by atoms with Crippen LogP contribution in [-0.4, -0.2) is 47.9 Å². The molecule has 0 spiro atoms. The summed E-state index contributed by atoms with van der Waals surface area (Å²) in [4.78, 5) is 0. The van der Waals surface area contributed by atoms with Gasteiger partial charge in [0.15, 0.2) is 6.00 Å². The normalized spacial score (nSPS) is 63.5. The van der Waals surface area contributed by atoms with Crippen molar-refractivity contribution in [1.29, 1.82) is 0 Å². The van der Waals surface area contributed by atoms with Gasteiger partial charge in [-0.3, -0.25) is 0 Å². The molecule has 3 saturated heterocycles. The number of ether oxygens (including phenoxy) is 1. The van der Waals surface area contributed by atoms with Crippen molar-refractivity contribution in [2.45, 2.75) is 43.2 Å². The van der Waals surface area contributed by atoms with E-state index in [2.05, 4.69) is 7.05 Å². The highest BCUT2D eigenvalue weighted by atomic mass is 35.5. The number of hydrogen-bond donors (Lipinski definition) is 0. The van der Waals surface area contributed by atoms with Gasteiger partial charge in [-0.2, -0.15) is 0 Å². The molecule has 0 N–H and O–H groups in total. The summed E-state index contributed by atoms with van der Waals surface area (Å²) in [7, 11) is 2.17. The lowest BCUT2D eigenvalue weighted by Crippen LogP contribution is -2.63.